The first-order valence-electron chi connectivity index (χ1n) is 6.34. The molecule has 0 radical (unpaired) electrons. The lowest BCUT2D eigenvalue weighted by molar-refractivity contribution is -0.141. The number of nitrogens with one attached hydrogen (secondary N) is 1. The number of amides is 1. The minimum Gasteiger partial charge on any atom is -0.271 e. The number of aromatic nitrogens is 5. The molecule has 118 valence electrons. The molecule has 2 heterocycles. The number of halogens is 4. The fourth-order valence-electron chi connectivity index (χ4n) is 2.08. The molecule has 0 saturated heterocycles. The van der Waals surface area contributed by atoms with E-state index in [2.05, 4.69) is 20.7 Å². The Morgan fingerprint density at radius 1 is 1.36 bits per heavy atom. The third kappa shape index (κ3) is 2.91. The van der Waals surface area contributed by atoms with Gasteiger partial charge in [-0.05, 0) is 12.8 Å². The molecule has 2 aromatic rings. The number of carbonyl (C=O) groups excluding carboxylic acids is 1. The fourth-order valence-corrected chi connectivity index (χ4v) is 2.47. The van der Waals surface area contributed by atoms with Crippen LogP contribution in [0.3, 0.4) is 0 Å². The molecule has 1 saturated carbocycles. The lowest BCUT2D eigenvalue weighted by Gasteiger charge is -2.07. The molecule has 2 aromatic heterocycles. The maximum Gasteiger partial charge on any atom is 0.436 e. The van der Waals surface area contributed by atoms with E-state index in [1.54, 1.807) is 0 Å². The van der Waals surface area contributed by atoms with Crippen LogP contribution in [-0.4, -0.2) is 30.6 Å². The van der Waals surface area contributed by atoms with Crippen LogP contribution < -0.4 is 5.43 Å². The van der Waals surface area contributed by atoms with Gasteiger partial charge in [0, 0.05) is 5.92 Å². The van der Waals surface area contributed by atoms with Gasteiger partial charge in [-0.2, -0.15) is 18.3 Å². The zero-order valence-corrected chi connectivity index (χ0v) is 11.8. The summed E-state index contributed by atoms with van der Waals surface area (Å²) in [5.74, 6) is -0.645. The van der Waals surface area contributed by atoms with E-state index in [0.717, 1.165) is 17.5 Å². The molecular weight excluding hydrogens is 325 g/mol. The Balaban J connectivity index is 1.85. The number of hydrogen-bond acceptors (Lipinski definition) is 4. The van der Waals surface area contributed by atoms with Gasteiger partial charge in [0.05, 0.1) is 10.7 Å². The summed E-state index contributed by atoms with van der Waals surface area (Å²) >= 11 is 5.82. The van der Waals surface area contributed by atoms with Crippen LogP contribution in [-0.2, 0) is 17.5 Å². The van der Waals surface area contributed by atoms with E-state index in [4.69, 9.17) is 11.6 Å². The lowest BCUT2D eigenvalue weighted by atomic mass is 10.2. The minimum absolute atomic E-state index is 0.0844. The molecule has 0 aliphatic heterocycles. The molecule has 1 aliphatic carbocycles. The van der Waals surface area contributed by atoms with Crippen LogP contribution in [0.4, 0.5) is 13.2 Å². The maximum atomic E-state index is 12.9. The zero-order chi connectivity index (χ0) is 15.9. The summed E-state index contributed by atoms with van der Waals surface area (Å²) in [6.07, 6.45) is -0.698. The Bertz CT molecular complexity index is 691. The van der Waals surface area contributed by atoms with Crippen LogP contribution in [0.2, 0.25) is 5.02 Å². The first-order valence-corrected chi connectivity index (χ1v) is 6.72. The Morgan fingerprint density at radius 3 is 2.55 bits per heavy atom. The largest absolute Gasteiger partial charge is 0.436 e. The van der Waals surface area contributed by atoms with Gasteiger partial charge in [0.25, 0.3) is 5.91 Å². The summed E-state index contributed by atoms with van der Waals surface area (Å²) in [5.41, 5.74) is 1.49. The third-order valence-corrected chi connectivity index (χ3v) is 3.50. The van der Waals surface area contributed by atoms with Gasteiger partial charge in [0.2, 0.25) is 0 Å². The van der Waals surface area contributed by atoms with Gasteiger partial charge in [-0.25, -0.2) is 4.68 Å². The smallest absolute Gasteiger partial charge is 0.271 e. The van der Waals surface area contributed by atoms with E-state index in [9.17, 15) is 18.0 Å². The van der Waals surface area contributed by atoms with Crippen LogP contribution in [0, 0.1) is 0 Å². The Labute approximate surface area is 127 Å². The number of carbonyl (C=O) groups is 1. The van der Waals surface area contributed by atoms with Crippen molar-refractivity contribution in [3.05, 3.63) is 29.1 Å². The van der Waals surface area contributed by atoms with Gasteiger partial charge in [-0.15, -0.1) is 10.2 Å². The second kappa shape index (κ2) is 5.27. The maximum absolute atomic E-state index is 12.9. The van der Waals surface area contributed by atoms with Crippen molar-refractivity contribution in [2.75, 3.05) is 5.43 Å². The third-order valence-electron chi connectivity index (χ3n) is 3.13. The molecule has 0 spiro atoms. The molecule has 0 atom stereocenters. The van der Waals surface area contributed by atoms with Gasteiger partial charge >= 0.3 is 6.18 Å². The Kier molecular flexibility index (Phi) is 3.55. The van der Waals surface area contributed by atoms with Gasteiger partial charge in [-0.1, -0.05) is 11.6 Å². The number of nitrogens with zero attached hydrogens (tertiary/aromatic N) is 5. The van der Waals surface area contributed by atoms with E-state index in [1.165, 1.54) is 17.3 Å². The van der Waals surface area contributed by atoms with Crippen LogP contribution >= 0.6 is 11.6 Å². The highest BCUT2D eigenvalue weighted by atomic mass is 35.5. The first-order chi connectivity index (χ1) is 10.4. The van der Waals surface area contributed by atoms with Crippen molar-refractivity contribution >= 4 is 17.5 Å². The molecule has 11 heteroatoms. The molecule has 1 fully saturated rings. The second-order valence-corrected chi connectivity index (χ2v) is 5.26. The van der Waals surface area contributed by atoms with Crippen LogP contribution in [0.1, 0.15) is 30.1 Å². The topological polar surface area (TPSA) is 77.6 Å². The zero-order valence-electron chi connectivity index (χ0n) is 11.0. The predicted molar refractivity (Wildman–Crippen MR) is 68.6 cm³/mol. The quantitative estimate of drug-likeness (QED) is 0.924. The fraction of sp³-hybridized carbons (Fsp3) is 0.455. The van der Waals surface area contributed by atoms with Crippen LogP contribution in [0.5, 0.6) is 0 Å². The number of alkyl halides is 3. The molecule has 0 bridgehead atoms. The number of rotatable bonds is 4. The van der Waals surface area contributed by atoms with Crippen LogP contribution in [0.15, 0.2) is 12.7 Å². The second-order valence-electron chi connectivity index (χ2n) is 4.88. The summed E-state index contributed by atoms with van der Waals surface area (Å²) in [6, 6.07) is 0. The van der Waals surface area contributed by atoms with Crippen molar-refractivity contribution in [1.29, 1.82) is 0 Å². The van der Waals surface area contributed by atoms with E-state index in [-0.39, 0.29) is 18.2 Å². The van der Waals surface area contributed by atoms with E-state index in [0.29, 0.717) is 0 Å². The first kappa shape index (κ1) is 14.8. The molecule has 1 N–H and O–H groups in total. The van der Waals surface area contributed by atoms with Crippen molar-refractivity contribution in [2.24, 2.45) is 0 Å². The summed E-state index contributed by atoms with van der Waals surface area (Å²) in [4.78, 5) is 11.9. The molecule has 7 nitrogen and oxygen atoms in total. The molecule has 22 heavy (non-hydrogen) atoms. The Hall–Kier alpha value is -2.10. The molecular formula is C11H10ClF3N6O. The molecule has 1 amide bonds. The van der Waals surface area contributed by atoms with Crippen molar-refractivity contribution in [1.82, 2.24) is 24.7 Å². The van der Waals surface area contributed by atoms with Gasteiger partial charge in [0.15, 0.2) is 5.69 Å². The molecule has 1 aliphatic rings. The van der Waals surface area contributed by atoms with E-state index in [1.807, 2.05) is 0 Å². The van der Waals surface area contributed by atoms with Gasteiger partial charge in [0.1, 0.15) is 19.2 Å². The van der Waals surface area contributed by atoms with Crippen molar-refractivity contribution in [3.8, 4) is 0 Å². The summed E-state index contributed by atoms with van der Waals surface area (Å²) < 4.78 is 40.9. The van der Waals surface area contributed by atoms with Crippen molar-refractivity contribution < 1.29 is 18.0 Å². The van der Waals surface area contributed by atoms with E-state index >= 15 is 0 Å². The highest BCUT2D eigenvalue weighted by Gasteiger charge is 2.42. The van der Waals surface area contributed by atoms with Crippen LogP contribution in [0.25, 0.3) is 0 Å². The highest BCUT2D eigenvalue weighted by Crippen LogP contribution is 2.46. The molecule has 0 aromatic carbocycles. The SMILES string of the molecule is O=C(Cn1nc(C(F)(F)F)c(Cl)c1C1CC1)Nn1cnnc1. The average molecular weight is 335 g/mol. The number of hydrogen-bond donors (Lipinski definition) is 1. The summed E-state index contributed by atoms with van der Waals surface area (Å²) in [6.45, 7) is -0.375. The summed E-state index contributed by atoms with van der Waals surface area (Å²) in [5, 5.41) is 10.0. The van der Waals surface area contributed by atoms with E-state index < -0.39 is 22.8 Å². The highest BCUT2D eigenvalue weighted by molar-refractivity contribution is 6.32. The van der Waals surface area contributed by atoms with Gasteiger partial charge in [-0.3, -0.25) is 14.9 Å². The molecule has 3 rings (SSSR count). The predicted octanol–water partition coefficient (Wildman–Crippen LogP) is 1.79. The average Bonchev–Trinajstić information content (AvgIpc) is 3.00. The van der Waals surface area contributed by atoms with Crippen molar-refractivity contribution in [2.45, 2.75) is 31.5 Å². The minimum atomic E-state index is -4.66. The lowest BCUT2D eigenvalue weighted by Crippen LogP contribution is -2.27. The van der Waals surface area contributed by atoms with Gasteiger partial charge < -0.3 is 0 Å². The standard InChI is InChI=1S/C11H10ClF3N6O/c12-8-9(6-1-2-6)21(19-10(8)11(13,14)15)3-7(22)18-20-4-16-17-5-20/h4-6H,1-3H2,(H,18,22). The van der Waals surface area contributed by atoms with Crippen molar-refractivity contribution in [3.63, 3.8) is 0 Å². The Morgan fingerprint density at radius 2 is 2.00 bits per heavy atom. The monoisotopic (exact) mass is 334 g/mol. The normalized spacial score (nSPS) is 15.1. The summed E-state index contributed by atoms with van der Waals surface area (Å²) in [7, 11) is 0. The molecule has 0 unspecified atom stereocenters.